The zero-order valence-corrected chi connectivity index (χ0v) is 12.3. The molecule has 1 aromatic heterocycles. The number of thiazole rings is 1. The lowest BCUT2D eigenvalue weighted by Gasteiger charge is -2.37. The maximum absolute atomic E-state index is 12.0. The van der Waals surface area contributed by atoms with Crippen molar-refractivity contribution in [3.63, 3.8) is 0 Å². The highest BCUT2D eigenvalue weighted by molar-refractivity contribution is 7.22. The summed E-state index contributed by atoms with van der Waals surface area (Å²) in [5.74, 6) is -0.983. The van der Waals surface area contributed by atoms with E-state index in [9.17, 15) is 14.7 Å². The van der Waals surface area contributed by atoms with Crippen LogP contribution in [0.3, 0.4) is 0 Å². The van der Waals surface area contributed by atoms with E-state index < -0.39 is 17.5 Å². The van der Waals surface area contributed by atoms with Gasteiger partial charge in [-0.3, -0.25) is 5.32 Å². The van der Waals surface area contributed by atoms with E-state index in [1.807, 2.05) is 25.1 Å². The largest absolute Gasteiger partial charge is 0.480 e. The van der Waals surface area contributed by atoms with Crippen LogP contribution in [0.4, 0.5) is 9.93 Å². The predicted octanol–water partition coefficient (Wildman–Crippen LogP) is 2.73. The van der Waals surface area contributed by atoms with Crippen LogP contribution in [0, 0.1) is 6.92 Å². The summed E-state index contributed by atoms with van der Waals surface area (Å²) in [5, 5.41) is 14.8. The van der Waals surface area contributed by atoms with Gasteiger partial charge in [-0.2, -0.15) is 0 Å². The van der Waals surface area contributed by atoms with Gasteiger partial charge in [0.25, 0.3) is 0 Å². The highest BCUT2D eigenvalue weighted by Gasteiger charge is 2.45. The minimum Gasteiger partial charge on any atom is -0.480 e. The summed E-state index contributed by atoms with van der Waals surface area (Å²) in [6.07, 6.45) is 1.75. The molecule has 7 heteroatoms. The summed E-state index contributed by atoms with van der Waals surface area (Å²) >= 11 is 1.37. The van der Waals surface area contributed by atoms with Crippen molar-refractivity contribution in [1.82, 2.24) is 10.3 Å². The van der Waals surface area contributed by atoms with Crippen LogP contribution in [-0.2, 0) is 4.79 Å². The first-order valence-corrected chi connectivity index (χ1v) is 7.50. The average Bonchev–Trinajstić information content (AvgIpc) is 2.74. The Hall–Kier alpha value is -2.15. The number of carbonyl (C=O) groups is 2. The molecule has 21 heavy (non-hydrogen) atoms. The minimum atomic E-state index is -1.11. The van der Waals surface area contributed by atoms with Gasteiger partial charge < -0.3 is 10.4 Å². The second kappa shape index (κ2) is 5.00. The van der Waals surface area contributed by atoms with Crippen LogP contribution in [0.15, 0.2) is 18.2 Å². The maximum Gasteiger partial charge on any atom is 0.329 e. The number of nitrogens with one attached hydrogen (secondary N) is 2. The Bertz CT molecular complexity index is 721. The van der Waals surface area contributed by atoms with E-state index in [1.54, 1.807) is 0 Å². The number of hydrogen-bond acceptors (Lipinski definition) is 4. The number of carbonyl (C=O) groups excluding carboxylic acids is 1. The first-order chi connectivity index (χ1) is 9.98. The van der Waals surface area contributed by atoms with Gasteiger partial charge in [-0.25, -0.2) is 14.6 Å². The lowest BCUT2D eigenvalue weighted by atomic mass is 9.77. The molecule has 1 fully saturated rings. The molecule has 1 aliphatic carbocycles. The number of amides is 2. The van der Waals surface area contributed by atoms with Gasteiger partial charge in [-0.1, -0.05) is 17.4 Å². The van der Waals surface area contributed by atoms with E-state index in [2.05, 4.69) is 15.6 Å². The Morgan fingerprint density at radius 3 is 2.76 bits per heavy atom. The third kappa shape index (κ3) is 2.56. The first-order valence-electron chi connectivity index (χ1n) is 6.68. The SMILES string of the molecule is Cc1ccc2nc(NC(=O)NC3(C(=O)O)CCC3)sc2c1. The molecule has 1 saturated carbocycles. The molecule has 1 aromatic carbocycles. The van der Waals surface area contributed by atoms with Gasteiger partial charge in [0.05, 0.1) is 10.2 Å². The molecule has 0 spiro atoms. The molecule has 0 atom stereocenters. The Balaban J connectivity index is 1.73. The quantitative estimate of drug-likeness (QED) is 0.813. The van der Waals surface area contributed by atoms with E-state index >= 15 is 0 Å². The molecule has 110 valence electrons. The van der Waals surface area contributed by atoms with Gasteiger partial charge in [-0.15, -0.1) is 0 Å². The Labute approximate surface area is 125 Å². The van der Waals surface area contributed by atoms with Crippen LogP contribution in [-0.4, -0.2) is 27.6 Å². The minimum absolute atomic E-state index is 0.466. The number of aromatic nitrogens is 1. The third-order valence-corrected chi connectivity index (χ3v) is 4.67. The Morgan fingerprint density at radius 1 is 1.38 bits per heavy atom. The molecule has 0 radical (unpaired) electrons. The molecule has 0 bridgehead atoms. The van der Waals surface area contributed by atoms with Crippen LogP contribution < -0.4 is 10.6 Å². The summed E-state index contributed by atoms with van der Waals surface area (Å²) in [6, 6.07) is 5.34. The molecule has 6 nitrogen and oxygen atoms in total. The zero-order chi connectivity index (χ0) is 15.0. The van der Waals surface area contributed by atoms with Gasteiger partial charge in [0, 0.05) is 0 Å². The number of urea groups is 1. The molecular formula is C14H15N3O3S. The lowest BCUT2D eigenvalue weighted by Crippen LogP contribution is -2.60. The van der Waals surface area contributed by atoms with Gasteiger partial charge in [0.2, 0.25) is 0 Å². The monoisotopic (exact) mass is 305 g/mol. The molecule has 1 heterocycles. The van der Waals surface area contributed by atoms with Gasteiger partial charge in [-0.05, 0) is 43.9 Å². The van der Waals surface area contributed by atoms with Crippen molar-refractivity contribution in [1.29, 1.82) is 0 Å². The van der Waals surface area contributed by atoms with Crippen LogP contribution in [0.1, 0.15) is 24.8 Å². The number of carboxylic acid groups (broad SMARTS) is 1. The van der Waals surface area contributed by atoms with E-state index in [0.717, 1.165) is 22.2 Å². The van der Waals surface area contributed by atoms with Crippen molar-refractivity contribution < 1.29 is 14.7 Å². The fourth-order valence-electron chi connectivity index (χ4n) is 2.35. The number of rotatable bonds is 3. The zero-order valence-electron chi connectivity index (χ0n) is 11.5. The number of aliphatic carboxylic acids is 1. The van der Waals surface area contributed by atoms with E-state index in [4.69, 9.17) is 0 Å². The second-order valence-corrected chi connectivity index (χ2v) is 6.34. The van der Waals surface area contributed by atoms with Crippen molar-refractivity contribution in [3.8, 4) is 0 Å². The van der Waals surface area contributed by atoms with Gasteiger partial charge in [0.15, 0.2) is 5.13 Å². The summed E-state index contributed by atoms with van der Waals surface area (Å²) in [6.45, 7) is 1.99. The number of fused-ring (bicyclic) bond motifs is 1. The fraction of sp³-hybridized carbons (Fsp3) is 0.357. The summed E-state index contributed by atoms with van der Waals surface area (Å²) < 4.78 is 0.988. The summed E-state index contributed by atoms with van der Waals surface area (Å²) in [4.78, 5) is 27.5. The van der Waals surface area contributed by atoms with E-state index in [0.29, 0.717) is 18.0 Å². The standard InChI is InChI=1S/C14H15N3O3S/c1-8-3-4-9-10(7-8)21-13(15-9)16-12(20)17-14(11(18)19)5-2-6-14/h3-4,7H,2,5-6H2,1H3,(H,18,19)(H2,15,16,17,20). The van der Waals surface area contributed by atoms with Crippen LogP contribution in [0.5, 0.6) is 0 Å². The topological polar surface area (TPSA) is 91.3 Å². The Morgan fingerprint density at radius 2 is 2.14 bits per heavy atom. The molecule has 2 aromatic rings. The average molecular weight is 305 g/mol. The predicted molar refractivity (Wildman–Crippen MR) is 80.7 cm³/mol. The number of nitrogens with zero attached hydrogens (tertiary/aromatic N) is 1. The molecule has 0 unspecified atom stereocenters. The number of aryl methyl sites for hydroxylation is 1. The van der Waals surface area contributed by atoms with E-state index in [1.165, 1.54) is 11.3 Å². The normalized spacial score (nSPS) is 16.2. The van der Waals surface area contributed by atoms with Gasteiger partial charge >= 0.3 is 12.0 Å². The van der Waals surface area contributed by atoms with Crippen LogP contribution in [0.25, 0.3) is 10.2 Å². The van der Waals surface area contributed by atoms with Crippen LogP contribution in [0.2, 0.25) is 0 Å². The molecule has 3 N–H and O–H groups in total. The highest BCUT2D eigenvalue weighted by atomic mass is 32.1. The number of anilines is 1. The maximum atomic E-state index is 12.0. The van der Waals surface area contributed by atoms with E-state index in [-0.39, 0.29) is 0 Å². The molecule has 1 aliphatic rings. The molecule has 3 rings (SSSR count). The molecule has 2 amide bonds. The van der Waals surface area contributed by atoms with Crippen molar-refractivity contribution in [2.75, 3.05) is 5.32 Å². The van der Waals surface area contributed by atoms with Crippen molar-refractivity contribution >= 4 is 38.7 Å². The van der Waals surface area contributed by atoms with Crippen molar-refractivity contribution in [2.24, 2.45) is 0 Å². The highest BCUT2D eigenvalue weighted by Crippen LogP contribution is 2.32. The smallest absolute Gasteiger partial charge is 0.329 e. The molecular weight excluding hydrogens is 290 g/mol. The second-order valence-electron chi connectivity index (χ2n) is 5.31. The number of carboxylic acids is 1. The van der Waals surface area contributed by atoms with Crippen molar-refractivity contribution in [3.05, 3.63) is 23.8 Å². The number of hydrogen-bond donors (Lipinski definition) is 3. The van der Waals surface area contributed by atoms with Crippen molar-refractivity contribution in [2.45, 2.75) is 31.7 Å². The van der Waals surface area contributed by atoms with Crippen LogP contribution >= 0.6 is 11.3 Å². The first kappa shape index (κ1) is 13.8. The Kier molecular flexibility index (Phi) is 3.29. The fourth-order valence-corrected chi connectivity index (χ4v) is 3.31. The lowest BCUT2D eigenvalue weighted by molar-refractivity contribution is -0.148. The van der Waals surface area contributed by atoms with Gasteiger partial charge in [0.1, 0.15) is 5.54 Å². The third-order valence-electron chi connectivity index (χ3n) is 3.73. The molecule has 0 saturated heterocycles. The molecule has 0 aliphatic heterocycles. The number of benzene rings is 1. The summed E-state index contributed by atoms with van der Waals surface area (Å²) in [5.41, 5.74) is 0.830. The summed E-state index contributed by atoms with van der Waals surface area (Å²) in [7, 11) is 0.